The highest BCUT2D eigenvalue weighted by Crippen LogP contribution is 2.64. The molecule has 4 atom stereocenters. The molecule has 0 radical (unpaired) electrons. The molecule has 1 aromatic heterocycles. The minimum absolute atomic E-state index is 0.00450. The monoisotopic (exact) mass is 677 g/mol. The zero-order valence-corrected chi connectivity index (χ0v) is 31.7. The van der Waals surface area contributed by atoms with Gasteiger partial charge in [-0.1, -0.05) is 106 Å². The van der Waals surface area contributed by atoms with Crippen LogP contribution in [0.4, 0.5) is 22.7 Å². The van der Waals surface area contributed by atoms with E-state index in [1.54, 1.807) is 16.7 Å². The Morgan fingerprint density at radius 1 is 0.577 bits per heavy atom. The number of rotatable bonds is 1. The Morgan fingerprint density at radius 3 is 2.08 bits per heavy atom. The molecule has 4 unspecified atom stereocenters. The fraction of sp³-hybridized carbons (Fsp3) is 0.375. The van der Waals surface area contributed by atoms with E-state index in [-0.39, 0.29) is 28.6 Å². The molecule has 4 heteroatoms. The van der Waals surface area contributed by atoms with E-state index in [1.165, 1.54) is 124 Å². The summed E-state index contributed by atoms with van der Waals surface area (Å²) >= 11 is 0. The van der Waals surface area contributed by atoms with E-state index in [2.05, 4.69) is 141 Å². The molecule has 0 saturated heterocycles. The van der Waals surface area contributed by atoms with Crippen LogP contribution in [0.5, 0.6) is 0 Å². The van der Waals surface area contributed by atoms with Crippen molar-refractivity contribution in [3.05, 3.63) is 107 Å². The summed E-state index contributed by atoms with van der Waals surface area (Å²) in [6.45, 7) is 15.4. The number of nitrogens with zero attached hydrogens (tertiary/aromatic N) is 3. The van der Waals surface area contributed by atoms with E-state index in [0.717, 1.165) is 0 Å². The molecule has 0 amide bonds. The first kappa shape index (κ1) is 30.1. The molecule has 0 bridgehead atoms. The van der Waals surface area contributed by atoms with Gasteiger partial charge in [-0.05, 0) is 111 Å². The molecule has 6 aromatic rings. The van der Waals surface area contributed by atoms with Crippen molar-refractivity contribution in [2.24, 2.45) is 0 Å². The van der Waals surface area contributed by atoms with Crippen molar-refractivity contribution in [1.29, 1.82) is 0 Å². The second-order valence-corrected chi connectivity index (χ2v) is 18.4. The minimum atomic E-state index is -0.00484. The largest absolute Gasteiger partial charge is 0.335 e. The molecule has 52 heavy (non-hydrogen) atoms. The lowest BCUT2D eigenvalue weighted by molar-refractivity contribution is 0.193. The van der Waals surface area contributed by atoms with Crippen molar-refractivity contribution in [1.82, 2.24) is 4.57 Å². The topological polar surface area (TPSA) is 11.4 Å². The molecule has 258 valence electrons. The van der Waals surface area contributed by atoms with Crippen molar-refractivity contribution in [3.63, 3.8) is 0 Å². The number of hydrogen-bond acceptors (Lipinski definition) is 2. The third kappa shape index (κ3) is 3.07. The molecule has 2 fully saturated rings. The second-order valence-electron chi connectivity index (χ2n) is 18.4. The van der Waals surface area contributed by atoms with Crippen LogP contribution in [0.15, 0.2) is 84.9 Å². The highest BCUT2D eigenvalue weighted by atomic mass is 15.3. The Kier molecular flexibility index (Phi) is 5.42. The van der Waals surface area contributed by atoms with E-state index in [1.807, 2.05) is 0 Å². The van der Waals surface area contributed by atoms with E-state index in [4.69, 9.17) is 0 Å². The first-order chi connectivity index (χ1) is 25.1. The molecule has 4 aliphatic heterocycles. The number of aromatic nitrogens is 1. The van der Waals surface area contributed by atoms with Gasteiger partial charge in [-0.3, -0.25) is 0 Å². The van der Waals surface area contributed by atoms with E-state index in [9.17, 15) is 0 Å². The maximum Gasteiger partial charge on any atom is 0.252 e. The van der Waals surface area contributed by atoms with Gasteiger partial charge in [-0.15, -0.1) is 0 Å². The van der Waals surface area contributed by atoms with Gasteiger partial charge in [0.05, 0.1) is 16.6 Å². The lowest BCUT2D eigenvalue weighted by atomic mass is 9.33. The predicted molar refractivity (Wildman–Crippen MR) is 221 cm³/mol. The fourth-order valence-corrected chi connectivity index (χ4v) is 13.6. The smallest absolute Gasteiger partial charge is 0.252 e. The summed E-state index contributed by atoms with van der Waals surface area (Å²) in [6, 6.07) is 33.6. The number of para-hydroxylation sites is 3. The molecular weight excluding hydrogens is 629 g/mol. The van der Waals surface area contributed by atoms with Crippen LogP contribution in [0, 0.1) is 13.8 Å². The first-order valence-corrected chi connectivity index (χ1v) is 20.2. The van der Waals surface area contributed by atoms with Gasteiger partial charge >= 0.3 is 0 Å². The van der Waals surface area contributed by atoms with Gasteiger partial charge in [-0.2, -0.15) is 0 Å². The number of benzene rings is 5. The zero-order valence-electron chi connectivity index (χ0n) is 31.7. The fourth-order valence-electron chi connectivity index (χ4n) is 13.6. The number of anilines is 4. The van der Waals surface area contributed by atoms with E-state index < -0.39 is 0 Å². The average Bonchev–Trinajstić information content (AvgIpc) is 3.67. The molecular formula is C48H48BN3. The molecule has 2 saturated carbocycles. The van der Waals surface area contributed by atoms with E-state index >= 15 is 0 Å². The first-order valence-electron chi connectivity index (χ1n) is 20.2. The van der Waals surface area contributed by atoms with Crippen LogP contribution >= 0.6 is 0 Å². The maximum absolute atomic E-state index is 2.94. The maximum atomic E-state index is 2.94. The average molecular weight is 678 g/mol. The molecule has 3 nitrogen and oxygen atoms in total. The van der Waals surface area contributed by atoms with Gasteiger partial charge in [0.2, 0.25) is 0 Å². The van der Waals surface area contributed by atoms with Crippen molar-refractivity contribution < 1.29 is 0 Å². The van der Waals surface area contributed by atoms with Crippen LogP contribution in [0.2, 0.25) is 0 Å². The van der Waals surface area contributed by atoms with Crippen LogP contribution in [0.25, 0.3) is 27.5 Å². The summed E-state index contributed by atoms with van der Waals surface area (Å²) in [4.78, 5) is 5.77. The van der Waals surface area contributed by atoms with Crippen LogP contribution < -0.4 is 26.2 Å². The lowest BCUT2D eigenvalue weighted by Gasteiger charge is -2.53. The van der Waals surface area contributed by atoms with Crippen molar-refractivity contribution in [2.75, 3.05) is 9.80 Å². The summed E-state index contributed by atoms with van der Waals surface area (Å²) in [5.41, 5.74) is 20.7. The minimum Gasteiger partial charge on any atom is -0.335 e. The SMILES string of the molecule is Cc1cc(C)c2c3c1B1c4c(cc(N5c6ccccc6C6(C)CCCCC56C)cc4-n4c5ccccc5c5cccc1c54)N3C1(C)CCCCC21C. The van der Waals surface area contributed by atoms with Gasteiger partial charge in [0.25, 0.3) is 6.71 Å². The summed E-state index contributed by atoms with van der Waals surface area (Å²) < 4.78 is 2.68. The van der Waals surface area contributed by atoms with Gasteiger partial charge < -0.3 is 14.4 Å². The lowest BCUT2D eigenvalue weighted by Crippen LogP contribution is -2.64. The number of hydrogen-bond donors (Lipinski definition) is 0. The molecule has 2 aliphatic carbocycles. The Labute approximate surface area is 308 Å². The number of aryl methyl sites for hydroxylation is 2. The van der Waals surface area contributed by atoms with Gasteiger partial charge in [0, 0.05) is 55.6 Å². The van der Waals surface area contributed by atoms with Gasteiger partial charge in [0.1, 0.15) is 0 Å². The molecule has 6 aliphatic rings. The Bertz CT molecular complexity index is 2610. The summed E-state index contributed by atoms with van der Waals surface area (Å²) in [5, 5.41) is 2.73. The summed E-state index contributed by atoms with van der Waals surface area (Å²) in [7, 11) is 0. The Morgan fingerprint density at radius 2 is 1.25 bits per heavy atom. The third-order valence-electron chi connectivity index (χ3n) is 16.3. The molecule has 0 N–H and O–H groups in total. The second kappa shape index (κ2) is 9.37. The molecule has 5 aromatic carbocycles. The van der Waals surface area contributed by atoms with Crippen molar-refractivity contribution in [3.8, 4) is 5.69 Å². The third-order valence-corrected chi connectivity index (χ3v) is 16.3. The standard InChI is InChI=1S/C48H48BN3/c1-29-26-30(2)41-44-40(29)46(4)23-12-14-25-48(46,6)52(44)39-28-31(51-37-21-10-8-18-34(37)45(3)22-11-13-24-47(45,51)5)27-38-42(39)49(41)35-19-15-17-33-32-16-7-9-20-36(32)50(38)43(33)35/h7-10,15-21,26-28H,11-14,22-25H2,1-6H3. The Hall–Kier alpha value is -4.44. The molecule has 0 spiro atoms. The van der Waals surface area contributed by atoms with Crippen LogP contribution in [0.3, 0.4) is 0 Å². The van der Waals surface area contributed by atoms with Gasteiger partial charge in [-0.25, -0.2) is 0 Å². The van der Waals surface area contributed by atoms with Gasteiger partial charge in [0.15, 0.2) is 0 Å². The molecule has 12 rings (SSSR count). The summed E-state index contributed by atoms with van der Waals surface area (Å²) in [6.07, 6.45) is 10.1. The number of fused-ring (bicyclic) bond motifs is 13. The molecule has 5 heterocycles. The van der Waals surface area contributed by atoms with E-state index in [0.29, 0.717) is 0 Å². The normalized spacial score (nSPS) is 28.9. The summed E-state index contributed by atoms with van der Waals surface area (Å²) in [5.74, 6) is 0. The van der Waals surface area contributed by atoms with Crippen molar-refractivity contribution in [2.45, 2.75) is 115 Å². The van der Waals surface area contributed by atoms with Crippen LogP contribution in [0.1, 0.15) is 101 Å². The zero-order chi connectivity index (χ0) is 35.1. The van der Waals surface area contributed by atoms with Crippen LogP contribution in [-0.2, 0) is 10.8 Å². The Balaban J connectivity index is 1.27. The van der Waals surface area contributed by atoms with Crippen molar-refractivity contribution >= 4 is 67.7 Å². The quantitative estimate of drug-likeness (QED) is 0.160. The van der Waals surface area contributed by atoms with Crippen LogP contribution in [-0.4, -0.2) is 22.4 Å². The highest BCUT2D eigenvalue weighted by molar-refractivity contribution is 7.00. The predicted octanol–water partition coefficient (Wildman–Crippen LogP) is 10.0. The highest BCUT2D eigenvalue weighted by Gasteiger charge is 2.63.